The third-order valence-corrected chi connectivity index (χ3v) is 4.59. The number of benzene rings is 3. The number of hydrogen-bond donors (Lipinski definition) is 3. The molecule has 0 fully saturated rings. The Morgan fingerprint density at radius 1 is 1.07 bits per heavy atom. The zero-order valence-electron chi connectivity index (χ0n) is 13.5. The maximum absolute atomic E-state index is 11.7. The SMILES string of the molecule is Nc1c(N=Nc2ccc([N+](=O)[O-])cc2)c(S(=O)(=O)O)cc2cccc(O)c12. The molecular formula is C16H12N4O6S. The van der Waals surface area contributed by atoms with Gasteiger partial charge >= 0.3 is 0 Å². The fourth-order valence-electron chi connectivity index (χ4n) is 2.48. The largest absolute Gasteiger partial charge is 0.507 e. The highest BCUT2D eigenvalue weighted by Gasteiger charge is 2.22. The smallest absolute Gasteiger partial charge is 0.296 e. The number of hydrogen-bond acceptors (Lipinski definition) is 8. The fourth-order valence-corrected chi connectivity index (χ4v) is 3.15. The molecule has 0 amide bonds. The lowest BCUT2D eigenvalue weighted by Crippen LogP contribution is -2.01. The van der Waals surface area contributed by atoms with E-state index in [0.29, 0.717) is 0 Å². The first kappa shape index (κ1) is 18.2. The van der Waals surface area contributed by atoms with Crippen LogP contribution in [0.1, 0.15) is 0 Å². The average molecular weight is 388 g/mol. The van der Waals surface area contributed by atoms with Gasteiger partial charge in [0, 0.05) is 17.5 Å². The Hall–Kier alpha value is -3.57. The molecule has 0 radical (unpaired) electrons. The van der Waals surface area contributed by atoms with E-state index in [0.717, 1.165) is 6.07 Å². The second kappa shape index (κ2) is 6.63. The first-order valence-electron chi connectivity index (χ1n) is 7.36. The maximum atomic E-state index is 11.7. The Morgan fingerprint density at radius 2 is 1.74 bits per heavy atom. The zero-order chi connectivity index (χ0) is 19.8. The number of aromatic hydroxyl groups is 1. The van der Waals surface area contributed by atoms with Crippen molar-refractivity contribution in [1.82, 2.24) is 0 Å². The number of fused-ring (bicyclic) bond motifs is 1. The van der Waals surface area contributed by atoms with Gasteiger partial charge in [-0.1, -0.05) is 12.1 Å². The van der Waals surface area contributed by atoms with Crippen LogP contribution >= 0.6 is 0 Å². The van der Waals surface area contributed by atoms with Crippen molar-refractivity contribution in [3.05, 3.63) is 58.6 Å². The first-order valence-corrected chi connectivity index (χ1v) is 8.80. The van der Waals surface area contributed by atoms with Gasteiger partial charge in [-0.25, -0.2) is 0 Å². The van der Waals surface area contributed by atoms with E-state index in [1.807, 2.05) is 0 Å². The summed E-state index contributed by atoms with van der Waals surface area (Å²) in [6.45, 7) is 0. The Kier molecular flexibility index (Phi) is 4.47. The second-order valence-electron chi connectivity index (χ2n) is 5.46. The number of phenolic OH excluding ortho intramolecular Hbond substituents is 1. The molecule has 27 heavy (non-hydrogen) atoms. The summed E-state index contributed by atoms with van der Waals surface area (Å²) in [7, 11) is -4.69. The number of anilines is 1. The van der Waals surface area contributed by atoms with E-state index in [9.17, 15) is 28.2 Å². The first-order chi connectivity index (χ1) is 12.7. The van der Waals surface area contributed by atoms with Crippen LogP contribution in [-0.4, -0.2) is 23.0 Å². The Balaban J connectivity index is 2.18. The van der Waals surface area contributed by atoms with E-state index in [1.54, 1.807) is 0 Å². The Labute approximate surface area is 152 Å². The van der Waals surface area contributed by atoms with Crippen molar-refractivity contribution >= 4 is 43.6 Å². The summed E-state index contributed by atoms with van der Waals surface area (Å²) in [6.07, 6.45) is 0. The van der Waals surface area contributed by atoms with Crippen LogP contribution in [-0.2, 0) is 10.1 Å². The van der Waals surface area contributed by atoms with E-state index in [2.05, 4.69) is 10.2 Å². The predicted octanol–water partition coefficient (Wildman–Crippen LogP) is 3.70. The van der Waals surface area contributed by atoms with Crippen molar-refractivity contribution in [3.8, 4) is 5.75 Å². The fraction of sp³-hybridized carbons (Fsp3) is 0. The third-order valence-electron chi connectivity index (χ3n) is 3.72. The molecule has 0 heterocycles. The molecule has 0 bridgehead atoms. The summed E-state index contributed by atoms with van der Waals surface area (Å²) in [6, 6.07) is 10.5. The summed E-state index contributed by atoms with van der Waals surface area (Å²) in [5.74, 6) is -0.196. The molecule has 0 spiro atoms. The van der Waals surface area contributed by atoms with Crippen molar-refractivity contribution in [2.24, 2.45) is 10.2 Å². The van der Waals surface area contributed by atoms with Crippen LogP contribution in [0.4, 0.5) is 22.7 Å². The van der Waals surface area contributed by atoms with E-state index in [4.69, 9.17) is 5.73 Å². The molecule has 3 rings (SSSR count). The Bertz CT molecular complexity index is 1190. The van der Waals surface area contributed by atoms with Gasteiger partial charge in [-0.3, -0.25) is 14.7 Å². The van der Waals surface area contributed by atoms with Gasteiger partial charge in [0.2, 0.25) is 0 Å². The van der Waals surface area contributed by atoms with Gasteiger partial charge in [-0.05, 0) is 29.7 Å². The third kappa shape index (κ3) is 3.54. The number of phenols is 1. The lowest BCUT2D eigenvalue weighted by molar-refractivity contribution is -0.384. The minimum absolute atomic E-state index is 0.150. The van der Waals surface area contributed by atoms with Crippen LogP contribution in [0.15, 0.2) is 63.7 Å². The van der Waals surface area contributed by atoms with Gasteiger partial charge in [0.25, 0.3) is 15.8 Å². The predicted molar refractivity (Wildman–Crippen MR) is 97.1 cm³/mol. The highest BCUT2D eigenvalue weighted by molar-refractivity contribution is 7.86. The van der Waals surface area contributed by atoms with Crippen LogP contribution < -0.4 is 5.73 Å². The number of nitrogen functional groups attached to an aromatic ring is 1. The van der Waals surface area contributed by atoms with Crippen molar-refractivity contribution in [2.45, 2.75) is 4.90 Å². The summed E-state index contributed by atoms with van der Waals surface area (Å²) >= 11 is 0. The molecule has 0 aliphatic rings. The van der Waals surface area contributed by atoms with Gasteiger partial charge in [-0.15, -0.1) is 5.11 Å². The number of nitro groups is 1. The number of rotatable bonds is 4. The molecule has 10 nitrogen and oxygen atoms in total. The number of nitro benzene ring substituents is 1. The van der Waals surface area contributed by atoms with Crippen molar-refractivity contribution in [3.63, 3.8) is 0 Å². The summed E-state index contributed by atoms with van der Waals surface area (Å²) in [4.78, 5) is 9.50. The molecule has 3 aromatic carbocycles. The topological polar surface area (TPSA) is 168 Å². The van der Waals surface area contributed by atoms with Gasteiger partial charge in [0.05, 0.1) is 16.3 Å². The minimum Gasteiger partial charge on any atom is -0.507 e. The molecule has 11 heteroatoms. The van der Waals surface area contributed by atoms with Crippen LogP contribution in [0, 0.1) is 10.1 Å². The molecule has 0 aliphatic heterocycles. The molecule has 0 unspecified atom stereocenters. The standard InChI is InChI=1S/C16H12N4O6S/c17-15-14-9(2-1-3-12(14)21)8-13(27(24,25)26)16(15)19-18-10-4-6-11(7-5-10)20(22)23/h1-8,21H,17H2,(H,24,25,26). The van der Waals surface area contributed by atoms with Crippen LogP contribution in [0.5, 0.6) is 5.75 Å². The molecular weight excluding hydrogens is 376 g/mol. The molecule has 3 aromatic rings. The lowest BCUT2D eigenvalue weighted by atomic mass is 10.1. The van der Waals surface area contributed by atoms with Crippen molar-refractivity contribution in [1.29, 1.82) is 0 Å². The number of nitrogens with two attached hydrogens (primary N) is 1. The second-order valence-corrected chi connectivity index (χ2v) is 6.85. The minimum atomic E-state index is -4.69. The zero-order valence-corrected chi connectivity index (χ0v) is 14.3. The lowest BCUT2D eigenvalue weighted by Gasteiger charge is -2.10. The Morgan fingerprint density at radius 3 is 2.33 bits per heavy atom. The molecule has 138 valence electrons. The van der Waals surface area contributed by atoms with Crippen LogP contribution in [0.3, 0.4) is 0 Å². The van der Waals surface area contributed by atoms with Crippen LogP contribution in [0.25, 0.3) is 10.8 Å². The summed E-state index contributed by atoms with van der Waals surface area (Å²) in [5.41, 5.74) is 5.46. The summed E-state index contributed by atoms with van der Waals surface area (Å²) in [5, 5.41) is 28.7. The normalized spacial score (nSPS) is 11.9. The van der Waals surface area contributed by atoms with E-state index in [-0.39, 0.29) is 39.3 Å². The molecule has 0 saturated carbocycles. The van der Waals surface area contributed by atoms with E-state index in [1.165, 1.54) is 42.5 Å². The number of azo groups is 1. The highest BCUT2D eigenvalue weighted by atomic mass is 32.2. The highest BCUT2D eigenvalue weighted by Crippen LogP contribution is 2.41. The average Bonchev–Trinajstić information content (AvgIpc) is 2.60. The van der Waals surface area contributed by atoms with E-state index >= 15 is 0 Å². The van der Waals surface area contributed by atoms with Gasteiger partial charge in [-0.2, -0.15) is 13.5 Å². The van der Waals surface area contributed by atoms with Crippen molar-refractivity contribution < 1.29 is 23.0 Å². The van der Waals surface area contributed by atoms with Crippen LogP contribution in [0.2, 0.25) is 0 Å². The molecule has 4 N–H and O–H groups in total. The van der Waals surface area contributed by atoms with Gasteiger partial charge in [0.1, 0.15) is 16.3 Å². The van der Waals surface area contributed by atoms with Gasteiger partial charge < -0.3 is 10.8 Å². The van der Waals surface area contributed by atoms with E-state index < -0.39 is 19.9 Å². The summed E-state index contributed by atoms with van der Waals surface area (Å²) < 4.78 is 32.9. The maximum Gasteiger partial charge on any atom is 0.296 e. The number of non-ortho nitro benzene ring substituents is 1. The molecule has 0 saturated heterocycles. The number of nitrogens with zero attached hydrogens (tertiary/aromatic N) is 3. The molecule has 0 atom stereocenters. The monoisotopic (exact) mass is 388 g/mol. The van der Waals surface area contributed by atoms with Gasteiger partial charge in [0.15, 0.2) is 0 Å². The quantitative estimate of drug-likeness (QED) is 0.201. The molecule has 0 aromatic heterocycles. The molecule has 0 aliphatic carbocycles. The van der Waals surface area contributed by atoms with Crippen molar-refractivity contribution in [2.75, 3.05) is 5.73 Å².